The van der Waals surface area contributed by atoms with Gasteiger partial charge < -0.3 is 13.6 Å². The first-order chi connectivity index (χ1) is 11.7. The van der Waals surface area contributed by atoms with Crippen molar-refractivity contribution in [1.82, 2.24) is 0 Å². The molecule has 0 bridgehead atoms. The van der Waals surface area contributed by atoms with Gasteiger partial charge in [-0.15, -0.1) is 0 Å². The zero-order valence-corrected chi connectivity index (χ0v) is 20.7. The third-order valence-electron chi connectivity index (χ3n) is 3.34. The molecule has 0 radical (unpaired) electrons. The average Bonchev–Trinajstić information content (AvgIpc) is 2.42. The lowest BCUT2D eigenvalue weighted by Crippen LogP contribution is -2.28. The van der Waals surface area contributed by atoms with E-state index >= 15 is 0 Å². The Balaban J connectivity index is 5.51. The molecule has 0 unspecified atom stereocenters. The van der Waals surface area contributed by atoms with Gasteiger partial charge >= 0.3 is 0 Å². The van der Waals surface area contributed by atoms with Crippen molar-refractivity contribution < 1.29 is 13.6 Å². The number of hydrogen-bond acceptors (Lipinski definition) is 3. The van der Waals surface area contributed by atoms with Crippen molar-refractivity contribution in [2.45, 2.75) is 79.3 Å². The van der Waals surface area contributed by atoms with Crippen LogP contribution in [0.2, 0.25) is 39.3 Å². The number of rotatable bonds is 11. The summed E-state index contributed by atoms with van der Waals surface area (Å²) in [4.78, 5) is 0. The molecule has 0 rings (SSSR count). The summed E-state index contributed by atoms with van der Waals surface area (Å²) in [5.74, 6) is 1.23. The van der Waals surface area contributed by atoms with Gasteiger partial charge in [0.2, 0.25) is 16.6 Å². The molecule has 26 heavy (non-hydrogen) atoms. The van der Waals surface area contributed by atoms with Crippen molar-refractivity contribution in [3.05, 3.63) is 47.2 Å². The van der Waals surface area contributed by atoms with E-state index in [2.05, 4.69) is 78.8 Å². The number of allylic oxidation sites excluding steroid dienone is 5. The van der Waals surface area contributed by atoms with Crippen molar-refractivity contribution in [1.29, 1.82) is 0 Å². The van der Waals surface area contributed by atoms with E-state index in [1.165, 1.54) is 11.1 Å². The molecule has 0 N–H and O–H groups in total. The summed E-state index contributed by atoms with van der Waals surface area (Å²) in [7, 11) is -1.89. The molecule has 0 aromatic rings. The predicted molar refractivity (Wildman–Crippen MR) is 119 cm³/mol. The molecule has 150 valence electrons. The maximum atomic E-state index is 6.16. The normalized spacial score (nSPS) is 13.7. The van der Waals surface area contributed by atoms with E-state index in [0.29, 0.717) is 18.1 Å². The first-order valence-electron chi connectivity index (χ1n) is 9.38. The van der Waals surface area contributed by atoms with Crippen LogP contribution < -0.4 is 0 Å². The number of methoxy groups -OCH3 is 1. The van der Waals surface area contributed by atoms with Gasteiger partial charge in [0.15, 0.2) is 0 Å². The van der Waals surface area contributed by atoms with Crippen molar-refractivity contribution in [2.24, 2.45) is 0 Å². The van der Waals surface area contributed by atoms with Crippen LogP contribution >= 0.6 is 0 Å². The smallest absolute Gasteiger partial charge is 0.272 e. The zero-order valence-electron chi connectivity index (χ0n) is 18.7. The monoisotopic (exact) mass is 396 g/mol. The summed E-state index contributed by atoms with van der Waals surface area (Å²) in [6.45, 7) is 23.5. The van der Waals surface area contributed by atoms with Crippen LogP contribution in [0, 0.1) is 0 Å². The topological polar surface area (TPSA) is 27.7 Å². The van der Waals surface area contributed by atoms with Crippen LogP contribution in [0.15, 0.2) is 47.2 Å². The van der Waals surface area contributed by atoms with Crippen LogP contribution in [0.4, 0.5) is 0 Å². The fourth-order valence-corrected chi connectivity index (χ4v) is 3.84. The molecule has 0 aliphatic carbocycles. The molecule has 5 heteroatoms. The van der Waals surface area contributed by atoms with Crippen LogP contribution in [0.5, 0.6) is 0 Å². The Morgan fingerprint density at radius 1 is 0.885 bits per heavy atom. The van der Waals surface area contributed by atoms with Gasteiger partial charge in [0.1, 0.15) is 5.76 Å². The van der Waals surface area contributed by atoms with Crippen LogP contribution in [0.3, 0.4) is 0 Å². The van der Waals surface area contributed by atoms with E-state index in [1.54, 1.807) is 7.11 Å². The lowest BCUT2D eigenvalue weighted by molar-refractivity contribution is 0.140. The fraction of sp³-hybridized carbons (Fsp3) is 0.619. The molecular formula is C21H40O3Si2. The quantitative estimate of drug-likeness (QED) is 0.161. The summed E-state index contributed by atoms with van der Waals surface area (Å²) in [5.41, 5.74) is 3.63. The lowest BCUT2D eigenvalue weighted by atomic mass is 10.1. The maximum absolute atomic E-state index is 6.16. The summed E-state index contributed by atoms with van der Waals surface area (Å²) in [5, 5.41) is 0. The van der Waals surface area contributed by atoms with E-state index in [4.69, 9.17) is 13.6 Å². The van der Waals surface area contributed by atoms with Crippen LogP contribution in [0.1, 0.15) is 40.0 Å². The molecular weight excluding hydrogens is 356 g/mol. The second-order valence-corrected chi connectivity index (χ2v) is 17.8. The van der Waals surface area contributed by atoms with Gasteiger partial charge in [0.25, 0.3) is 5.95 Å². The van der Waals surface area contributed by atoms with E-state index in [0.717, 1.165) is 18.4 Å². The third-order valence-corrected chi connectivity index (χ3v) is 5.00. The Morgan fingerprint density at radius 2 is 1.42 bits per heavy atom. The first kappa shape index (κ1) is 24.8. The third kappa shape index (κ3) is 12.2. The Kier molecular flexibility index (Phi) is 10.3. The van der Waals surface area contributed by atoms with E-state index in [1.807, 2.05) is 0 Å². The van der Waals surface area contributed by atoms with Gasteiger partial charge in [-0.25, -0.2) is 0 Å². The largest absolute Gasteiger partial charge is 0.544 e. The highest BCUT2D eigenvalue weighted by Crippen LogP contribution is 2.27. The Hall–Kier alpha value is -1.21. The van der Waals surface area contributed by atoms with E-state index in [-0.39, 0.29) is 0 Å². The molecule has 3 nitrogen and oxygen atoms in total. The number of hydrogen-bond donors (Lipinski definition) is 0. The van der Waals surface area contributed by atoms with Gasteiger partial charge in [-0.1, -0.05) is 29.9 Å². The SMILES string of the molecule is C=C(O[Si](C)(C)C)/C(C/C=C(\C)CCC=C(C)C)=C(/OC)O[Si](C)(C)C. The average molecular weight is 397 g/mol. The minimum Gasteiger partial charge on any atom is -0.544 e. The van der Waals surface area contributed by atoms with Crippen molar-refractivity contribution in [3.63, 3.8) is 0 Å². The summed E-state index contributed by atoms with van der Waals surface area (Å²) in [6, 6.07) is 0. The van der Waals surface area contributed by atoms with Gasteiger partial charge in [-0.2, -0.15) is 0 Å². The van der Waals surface area contributed by atoms with Crippen LogP contribution in [0.25, 0.3) is 0 Å². The van der Waals surface area contributed by atoms with Crippen LogP contribution in [-0.4, -0.2) is 23.7 Å². The zero-order chi connectivity index (χ0) is 20.5. The van der Waals surface area contributed by atoms with Gasteiger partial charge in [-0.05, 0) is 72.9 Å². The highest BCUT2D eigenvalue weighted by Gasteiger charge is 2.25. The van der Waals surface area contributed by atoms with Crippen molar-refractivity contribution in [3.8, 4) is 0 Å². The standard InChI is InChI=1S/C21H40O3Si2/c1-17(2)13-12-14-18(3)15-16-20(19(4)23-25(6,7)8)21(22-5)24-26(9,10)11/h13,15H,4,12,14,16H2,1-3,5-11H3/b18-15+,21-20-. The Labute approximate surface area is 164 Å². The summed E-state index contributed by atoms with van der Waals surface area (Å²) >= 11 is 0. The van der Waals surface area contributed by atoms with Crippen molar-refractivity contribution >= 4 is 16.6 Å². The summed E-state index contributed by atoms with van der Waals surface area (Å²) < 4.78 is 17.9. The van der Waals surface area contributed by atoms with Gasteiger partial charge in [-0.3, -0.25) is 0 Å². The minimum atomic E-state index is -1.80. The lowest BCUT2D eigenvalue weighted by Gasteiger charge is -2.26. The Morgan fingerprint density at radius 3 is 1.85 bits per heavy atom. The molecule has 0 atom stereocenters. The molecule has 0 heterocycles. The molecule has 0 saturated heterocycles. The highest BCUT2D eigenvalue weighted by molar-refractivity contribution is 6.70. The van der Waals surface area contributed by atoms with Gasteiger partial charge in [0, 0.05) is 6.42 Å². The molecule has 0 spiro atoms. The summed E-state index contributed by atoms with van der Waals surface area (Å²) in [6.07, 6.45) is 7.34. The fourth-order valence-electron chi connectivity index (χ4n) is 2.21. The Bertz CT molecular complexity index is 555. The molecule has 0 aromatic carbocycles. The second kappa shape index (κ2) is 10.8. The van der Waals surface area contributed by atoms with E-state index < -0.39 is 16.6 Å². The second-order valence-electron chi connectivity index (χ2n) is 8.90. The predicted octanol–water partition coefficient (Wildman–Crippen LogP) is 7.14. The van der Waals surface area contributed by atoms with E-state index in [9.17, 15) is 0 Å². The minimum absolute atomic E-state index is 0.556. The maximum Gasteiger partial charge on any atom is 0.272 e. The van der Waals surface area contributed by atoms with Crippen molar-refractivity contribution in [2.75, 3.05) is 7.11 Å². The molecule has 0 saturated carbocycles. The molecule has 0 aromatic heterocycles. The van der Waals surface area contributed by atoms with Gasteiger partial charge in [0.05, 0.1) is 12.7 Å². The molecule has 0 aliphatic heterocycles. The molecule has 0 aliphatic rings. The van der Waals surface area contributed by atoms with Crippen LogP contribution in [-0.2, 0) is 13.6 Å². The molecule has 0 fully saturated rings. The first-order valence-corrected chi connectivity index (χ1v) is 16.2. The molecule has 0 amide bonds. The number of ether oxygens (including phenoxy) is 1. The highest BCUT2D eigenvalue weighted by atomic mass is 28.4.